The summed E-state index contributed by atoms with van der Waals surface area (Å²) in [6.07, 6.45) is 6.35. The average molecular weight is 289 g/mol. The molecule has 0 saturated heterocycles. The van der Waals surface area contributed by atoms with E-state index in [1.54, 1.807) is 0 Å². The van der Waals surface area contributed by atoms with Gasteiger partial charge in [-0.15, -0.1) is 0 Å². The van der Waals surface area contributed by atoms with Crippen molar-refractivity contribution in [1.82, 2.24) is 14.9 Å². The van der Waals surface area contributed by atoms with Crippen LogP contribution in [0.3, 0.4) is 0 Å². The van der Waals surface area contributed by atoms with Crippen molar-refractivity contribution in [3.05, 3.63) is 17.2 Å². The van der Waals surface area contributed by atoms with Crippen LogP contribution in [-0.4, -0.2) is 16.1 Å². The lowest BCUT2D eigenvalue weighted by Gasteiger charge is -2.26. The van der Waals surface area contributed by atoms with E-state index in [0.29, 0.717) is 12.0 Å². The minimum absolute atomic E-state index is 0.680. The summed E-state index contributed by atoms with van der Waals surface area (Å²) in [6.45, 7) is 11.5. The molecule has 0 radical (unpaired) electrons. The summed E-state index contributed by atoms with van der Waals surface area (Å²) in [7, 11) is 0. The molecule has 1 aromatic rings. The van der Waals surface area contributed by atoms with Crippen LogP contribution in [0.15, 0.2) is 0 Å². The molecular weight excluding hydrogens is 258 g/mol. The summed E-state index contributed by atoms with van der Waals surface area (Å²) in [5, 5.41) is 3.48. The molecule has 0 bridgehead atoms. The molecule has 1 saturated carbocycles. The first-order valence-electron chi connectivity index (χ1n) is 8.91. The van der Waals surface area contributed by atoms with Crippen LogP contribution in [0.2, 0.25) is 0 Å². The van der Waals surface area contributed by atoms with E-state index in [-0.39, 0.29) is 0 Å². The lowest BCUT2D eigenvalue weighted by molar-refractivity contribution is 0.316. The molecular formula is C18H31N3. The third-order valence-electron chi connectivity index (χ3n) is 5.63. The lowest BCUT2D eigenvalue weighted by Crippen LogP contribution is -2.27. The molecule has 2 aliphatic rings. The number of nitrogens with one attached hydrogen (secondary N) is 1. The van der Waals surface area contributed by atoms with Crippen LogP contribution < -0.4 is 5.32 Å². The molecule has 1 aliphatic carbocycles. The van der Waals surface area contributed by atoms with Crippen molar-refractivity contribution in [3.63, 3.8) is 0 Å². The van der Waals surface area contributed by atoms with Gasteiger partial charge in [0.25, 0.3) is 0 Å². The highest BCUT2D eigenvalue weighted by atomic mass is 15.1. The molecule has 1 aromatic heterocycles. The van der Waals surface area contributed by atoms with E-state index in [1.807, 2.05) is 0 Å². The highest BCUT2D eigenvalue weighted by Crippen LogP contribution is 2.43. The molecule has 21 heavy (non-hydrogen) atoms. The van der Waals surface area contributed by atoms with E-state index in [9.17, 15) is 0 Å². The normalized spacial score (nSPS) is 29.1. The average Bonchev–Trinajstić information content (AvgIpc) is 2.98. The molecule has 1 aliphatic heterocycles. The lowest BCUT2D eigenvalue weighted by atomic mass is 9.93. The number of rotatable bonds is 4. The highest BCUT2D eigenvalue weighted by molar-refractivity contribution is 5.22. The molecule has 1 N–H and O–H groups in total. The summed E-state index contributed by atoms with van der Waals surface area (Å²) in [5.74, 6) is 3.74. The van der Waals surface area contributed by atoms with Crippen LogP contribution in [0, 0.1) is 17.8 Å². The van der Waals surface area contributed by atoms with Crippen LogP contribution in [0.5, 0.6) is 0 Å². The Morgan fingerprint density at radius 1 is 1.33 bits per heavy atom. The quantitative estimate of drug-likeness (QED) is 0.915. The minimum atomic E-state index is 0.680. The second kappa shape index (κ2) is 6.12. The van der Waals surface area contributed by atoms with Gasteiger partial charge in [0.1, 0.15) is 5.82 Å². The first kappa shape index (κ1) is 15.1. The molecule has 0 spiro atoms. The molecule has 3 heteroatoms. The van der Waals surface area contributed by atoms with Crippen molar-refractivity contribution in [2.75, 3.05) is 6.54 Å². The second-order valence-corrected chi connectivity index (χ2v) is 7.49. The van der Waals surface area contributed by atoms with Gasteiger partial charge in [0.2, 0.25) is 0 Å². The van der Waals surface area contributed by atoms with Gasteiger partial charge in [0.05, 0.1) is 5.69 Å². The van der Waals surface area contributed by atoms with Gasteiger partial charge < -0.3 is 9.88 Å². The second-order valence-electron chi connectivity index (χ2n) is 7.49. The summed E-state index contributed by atoms with van der Waals surface area (Å²) in [4.78, 5) is 5.02. The fraction of sp³-hybridized carbons (Fsp3) is 0.833. The molecule has 3 unspecified atom stereocenters. The number of imidazole rings is 1. The van der Waals surface area contributed by atoms with Crippen LogP contribution in [0.4, 0.5) is 0 Å². The molecule has 3 nitrogen and oxygen atoms in total. The molecule has 0 aromatic carbocycles. The first-order chi connectivity index (χ1) is 10.1. The smallest absolute Gasteiger partial charge is 0.109 e. The zero-order chi connectivity index (χ0) is 15.0. The zero-order valence-corrected chi connectivity index (χ0v) is 14.2. The fourth-order valence-electron chi connectivity index (χ4n) is 4.45. The van der Waals surface area contributed by atoms with Gasteiger partial charge >= 0.3 is 0 Å². The van der Waals surface area contributed by atoms with E-state index < -0.39 is 0 Å². The number of hydrogen-bond donors (Lipinski definition) is 1. The maximum atomic E-state index is 5.02. The molecule has 2 heterocycles. The number of nitrogens with zero attached hydrogens (tertiary/aromatic N) is 2. The maximum Gasteiger partial charge on any atom is 0.109 e. The topological polar surface area (TPSA) is 29.9 Å². The van der Waals surface area contributed by atoms with E-state index in [1.165, 1.54) is 36.5 Å². The van der Waals surface area contributed by atoms with Crippen molar-refractivity contribution in [3.8, 4) is 0 Å². The number of fused-ring (bicyclic) bond motifs is 1. The van der Waals surface area contributed by atoms with Gasteiger partial charge in [-0.05, 0) is 30.6 Å². The standard InChI is InChI=1S/C18H31N3/c1-5-14-6-7-16(13(14)4)21-17-8-9-19-11-15(17)20-18(21)10-12(2)3/h12-14,16,19H,5-11H2,1-4H3. The monoisotopic (exact) mass is 289 g/mol. The summed E-state index contributed by atoms with van der Waals surface area (Å²) in [5.41, 5.74) is 2.86. The van der Waals surface area contributed by atoms with E-state index in [0.717, 1.165) is 37.8 Å². The Labute approximate surface area is 129 Å². The SMILES string of the molecule is CCC1CCC(n2c(CC(C)C)nc3c2CCNC3)C1C. The molecule has 3 atom stereocenters. The molecule has 0 amide bonds. The minimum Gasteiger partial charge on any atom is -0.328 e. The number of aromatic nitrogens is 2. The fourth-order valence-corrected chi connectivity index (χ4v) is 4.45. The van der Waals surface area contributed by atoms with Crippen LogP contribution in [-0.2, 0) is 19.4 Å². The van der Waals surface area contributed by atoms with E-state index >= 15 is 0 Å². The Hall–Kier alpha value is -0.830. The molecule has 118 valence electrons. The predicted octanol–water partition coefficient (Wildman–Crippen LogP) is 3.72. The van der Waals surface area contributed by atoms with Crippen molar-refractivity contribution in [2.45, 2.75) is 72.4 Å². The third-order valence-corrected chi connectivity index (χ3v) is 5.63. The van der Waals surface area contributed by atoms with Crippen LogP contribution in [0.25, 0.3) is 0 Å². The Bertz CT molecular complexity index is 489. The Morgan fingerprint density at radius 3 is 2.81 bits per heavy atom. The van der Waals surface area contributed by atoms with Gasteiger partial charge in [0.15, 0.2) is 0 Å². The van der Waals surface area contributed by atoms with Crippen LogP contribution in [0.1, 0.15) is 70.2 Å². The van der Waals surface area contributed by atoms with Crippen molar-refractivity contribution >= 4 is 0 Å². The maximum absolute atomic E-state index is 5.02. The number of hydrogen-bond acceptors (Lipinski definition) is 2. The highest BCUT2D eigenvalue weighted by Gasteiger charge is 2.36. The Kier molecular flexibility index (Phi) is 4.39. The van der Waals surface area contributed by atoms with Crippen molar-refractivity contribution < 1.29 is 0 Å². The summed E-state index contributed by atoms with van der Waals surface area (Å²) >= 11 is 0. The molecule has 3 rings (SSSR count). The van der Waals surface area contributed by atoms with E-state index in [4.69, 9.17) is 4.98 Å². The van der Waals surface area contributed by atoms with Gasteiger partial charge in [-0.3, -0.25) is 0 Å². The first-order valence-corrected chi connectivity index (χ1v) is 8.91. The summed E-state index contributed by atoms with van der Waals surface area (Å²) in [6, 6.07) is 0.693. The van der Waals surface area contributed by atoms with Gasteiger partial charge in [-0.2, -0.15) is 0 Å². The molecule has 1 fully saturated rings. The Morgan fingerprint density at radius 2 is 2.14 bits per heavy atom. The van der Waals surface area contributed by atoms with Gasteiger partial charge in [-0.1, -0.05) is 34.1 Å². The third kappa shape index (κ3) is 2.77. The summed E-state index contributed by atoms with van der Waals surface area (Å²) < 4.78 is 2.68. The zero-order valence-electron chi connectivity index (χ0n) is 14.2. The van der Waals surface area contributed by atoms with Gasteiger partial charge in [0, 0.05) is 37.7 Å². The van der Waals surface area contributed by atoms with Crippen molar-refractivity contribution in [2.24, 2.45) is 17.8 Å². The Balaban J connectivity index is 1.97. The predicted molar refractivity (Wildman–Crippen MR) is 87.4 cm³/mol. The van der Waals surface area contributed by atoms with E-state index in [2.05, 4.69) is 37.6 Å². The van der Waals surface area contributed by atoms with Crippen molar-refractivity contribution in [1.29, 1.82) is 0 Å². The van der Waals surface area contributed by atoms with Gasteiger partial charge in [-0.25, -0.2) is 4.98 Å². The van der Waals surface area contributed by atoms with Crippen LogP contribution >= 0.6 is 0 Å². The largest absolute Gasteiger partial charge is 0.328 e.